The van der Waals surface area contributed by atoms with Gasteiger partial charge in [0.15, 0.2) is 5.78 Å². The minimum absolute atomic E-state index is 0.00311. The molecule has 1 amide bonds. The predicted octanol–water partition coefficient (Wildman–Crippen LogP) is 1.91. The van der Waals surface area contributed by atoms with E-state index in [1.165, 1.54) is 0 Å². The van der Waals surface area contributed by atoms with Crippen LogP contribution in [0.15, 0.2) is 39.6 Å². The van der Waals surface area contributed by atoms with Crippen LogP contribution in [0.2, 0.25) is 0 Å². The van der Waals surface area contributed by atoms with Gasteiger partial charge in [-0.25, -0.2) is 0 Å². The summed E-state index contributed by atoms with van der Waals surface area (Å²) in [6.45, 7) is 0.00311. The standard InChI is InChI=1S/C16H16BrN3O4/c17-11-6-4-10(5-7-11)12(21)2-1-3-14(22)18-9-13-19-15(23)8-16(24)20-13/h4-8H,1-3,9H2,(H,18,22)(H2,19,20,23,24). The number of H-pyrrole nitrogens is 1. The molecule has 7 nitrogen and oxygen atoms in total. The molecule has 2 rings (SSSR count). The maximum Gasteiger partial charge on any atom is 0.254 e. The molecule has 0 aliphatic heterocycles. The highest BCUT2D eigenvalue weighted by molar-refractivity contribution is 9.10. The van der Waals surface area contributed by atoms with E-state index in [4.69, 9.17) is 0 Å². The Morgan fingerprint density at radius 2 is 1.92 bits per heavy atom. The molecule has 2 aromatic rings. The van der Waals surface area contributed by atoms with Crippen molar-refractivity contribution >= 4 is 27.6 Å². The van der Waals surface area contributed by atoms with Crippen molar-refractivity contribution in [3.8, 4) is 5.88 Å². The number of ketones is 1. The lowest BCUT2D eigenvalue weighted by molar-refractivity contribution is -0.121. The Hall–Kier alpha value is -2.48. The van der Waals surface area contributed by atoms with Gasteiger partial charge in [-0.05, 0) is 18.6 Å². The minimum atomic E-state index is -0.494. The number of carbonyl (C=O) groups is 2. The van der Waals surface area contributed by atoms with Crippen LogP contribution in [0.4, 0.5) is 0 Å². The maximum atomic E-state index is 12.0. The van der Waals surface area contributed by atoms with Crippen LogP contribution in [0.1, 0.15) is 35.4 Å². The van der Waals surface area contributed by atoms with Gasteiger partial charge in [0.05, 0.1) is 12.6 Å². The Morgan fingerprint density at radius 3 is 2.58 bits per heavy atom. The van der Waals surface area contributed by atoms with Crippen molar-refractivity contribution in [1.82, 2.24) is 15.3 Å². The van der Waals surface area contributed by atoms with Crippen LogP contribution in [0, 0.1) is 0 Å². The average molecular weight is 394 g/mol. The Kier molecular flexibility index (Phi) is 6.25. The molecule has 0 saturated heterocycles. The van der Waals surface area contributed by atoms with E-state index in [9.17, 15) is 19.5 Å². The molecule has 0 bridgehead atoms. The summed E-state index contributed by atoms with van der Waals surface area (Å²) in [5, 5.41) is 11.8. The molecule has 8 heteroatoms. The number of benzene rings is 1. The third-order valence-electron chi connectivity index (χ3n) is 3.20. The molecule has 1 aromatic carbocycles. The fourth-order valence-electron chi connectivity index (χ4n) is 2.04. The first-order chi connectivity index (χ1) is 11.4. The van der Waals surface area contributed by atoms with Crippen molar-refractivity contribution in [2.45, 2.75) is 25.8 Å². The first kappa shape index (κ1) is 17.9. The number of rotatable bonds is 7. The second-order valence-electron chi connectivity index (χ2n) is 5.11. The molecular formula is C16H16BrN3O4. The predicted molar refractivity (Wildman–Crippen MR) is 90.7 cm³/mol. The van der Waals surface area contributed by atoms with Crippen LogP contribution in [0.3, 0.4) is 0 Å². The Morgan fingerprint density at radius 1 is 1.21 bits per heavy atom. The first-order valence-electron chi connectivity index (χ1n) is 7.29. The van der Waals surface area contributed by atoms with Crippen molar-refractivity contribution in [1.29, 1.82) is 0 Å². The van der Waals surface area contributed by atoms with Gasteiger partial charge in [-0.15, -0.1) is 0 Å². The molecule has 3 N–H and O–H groups in total. The number of nitrogens with zero attached hydrogens (tertiary/aromatic N) is 1. The Balaban J connectivity index is 1.74. The van der Waals surface area contributed by atoms with Gasteiger partial charge >= 0.3 is 0 Å². The second kappa shape index (κ2) is 8.39. The van der Waals surface area contributed by atoms with E-state index in [-0.39, 0.29) is 36.9 Å². The van der Waals surface area contributed by atoms with E-state index >= 15 is 0 Å². The summed E-state index contributed by atoms with van der Waals surface area (Å²) in [4.78, 5) is 40.9. The van der Waals surface area contributed by atoms with Crippen LogP contribution >= 0.6 is 15.9 Å². The van der Waals surface area contributed by atoms with Crippen LogP contribution in [0.25, 0.3) is 0 Å². The van der Waals surface area contributed by atoms with Crippen molar-refractivity contribution in [2.24, 2.45) is 0 Å². The van der Waals surface area contributed by atoms with E-state index in [1.807, 2.05) is 0 Å². The molecule has 1 heterocycles. The van der Waals surface area contributed by atoms with Crippen molar-refractivity contribution in [3.63, 3.8) is 0 Å². The molecule has 1 aromatic heterocycles. The van der Waals surface area contributed by atoms with Crippen molar-refractivity contribution in [3.05, 3.63) is 56.5 Å². The van der Waals surface area contributed by atoms with Gasteiger partial charge in [0.25, 0.3) is 5.56 Å². The summed E-state index contributed by atoms with van der Waals surface area (Å²) in [6, 6.07) is 8.00. The number of hydrogen-bond donors (Lipinski definition) is 3. The summed E-state index contributed by atoms with van der Waals surface area (Å²) in [7, 11) is 0. The van der Waals surface area contributed by atoms with E-state index in [1.54, 1.807) is 24.3 Å². The average Bonchev–Trinajstić information content (AvgIpc) is 2.52. The molecule has 126 valence electrons. The van der Waals surface area contributed by atoms with Gasteiger partial charge in [-0.2, -0.15) is 4.98 Å². The Labute approximate surface area is 146 Å². The van der Waals surface area contributed by atoms with Crippen LogP contribution in [-0.2, 0) is 11.3 Å². The second-order valence-corrected chi connectivity index (χ2v) is 6.03. The zero-order chi connectivity index (χ0) is 17.5. The van der Waals surface area contributed by atoms with Crippen LogP contribution < -0.4 is 10.9 Å². The number of Topliss-reactive ketones (excluding diaryl/α,β-unsaturated/α-hetero) is 1. The summed E-state index contributed by atoms with van der Waals surface area (Å²) >= 11 is 3.30. The van der Waals surface area contributed by atoms with E-state index in [0.717, 1.165) is 10.5 Å². The number of aromatic amines is 1. The number of aromatic nitrogens is 2. The summed E-state index contributed by atoms with van der Waals surface area (Å²) in [5.74, 6) is -0.513. The largest absolute Gasteiger partial charge is 0.493 e. The molecule has 0 atom stereocenters. The monoisotopic (exact) mass is 393 g/mol. The van der Waals surface area contributed by atoms with Gasteiger partial charge < -0.3 is 15.4 Å². The third kappa shape index (κ3) is 5.62. The van der Waals surface area contributed by atoms with Crippen molar-refractivity contribution < 1.29 is 14.7 Å². The van der Waals surface area contributed by atoms with Crippen LogP contribution in [-0.4, -0.2) is 26.8 Å². The molecule has 24 heavy (non-hydrogen) atoms. The van der Waals surface area contributed by atoms with Crippen LogP contribution in [0.5, 0.6) is 5.88 Å². The van der Waals surface area contributed by atoms with Gasteiger partial charge in [-0.3, -0.25) is 14.4 Å². The zero-order valence-electron chi connectivity index (χ0n) is 12.7. The fourth-order valence-corrected chi connectivity index (χ4v) is 2.30. The Bertz CT molecular complexity index is 787. The van der Waals surface area contributed by atoms with Gasteiger partial charge in [0.2, 0.25) is 11.8 Å². The summed E-state index contributed by atoms with van der Waals surface area (Å²) in [5.41, 5.74) is 0.118. The quantitative estimate of drug-likeness (QED) is 0.621. The van der Waals surface area contributed by atoms with Gasteiger partial charge in [-0.1, -0.05) is 28.1 Å². The van der Waals surface area contributed by atoms with Crippen molar-refractivity contribution in [2.75, 3.05) is 0 Å². The van der Waals surface area contributed by atoms with E-state index < -0.39 is 11.4 Å². The summed E-state index contributed by atoms with van der Waals surface area (Å²) < 4.78 is 0.900. The molecule has 0 fully saturated rings. The lowest BCUT2D eigenvalue weighted by atomic mass is 10.1. The number of amides is 1. The highest BCUT2D eigenvalue weighted by atomic mass is 79.9. The molecule has 0 unspecified atom stereocenters. The number of carbonyl (C=O) groups excluding carboxylic acids is 2. The smallest absolute Gasteiger partial charge is 0.254 e. The van der Waals surface area contributed by atoms with E-state index in [0.29, 0.717) is 12.0 Å². The number of aromatic hydroxyl groups is 1. The maximum absolute atomic E-state index is 12.0. The highest BCUT2D eigenvalue weighted by Gasteiger charge is 2.08. The molecule has 0 aliphatic carbocycles. The normalized spacial score (nSPS) is 10.4. The molecule has 0 saturated carbocycles. The molecule has 0 aliphatic rings. The fraction of sp³-hybridized carbons (Fsp3) is 0.250. The lowest BCUT2D eigenvalue weighted by Crippen LogP contribution is -2.25. The topological polar surface area (TPSA) is 112 Å². The molecule has 0 spiro atoms. The number of halogens is 1. The molecular weight excluding hydrogens is 378 g/mol. The number of nitrogens with one attached hydrogen (secondary N) is 2. The number of hydrogen-bond acceptors (Lipinski definition) is 5. The highest BCUT2D eigenvalue weighted by Crippen LogP contribution is 2.13. The van der Waals surface area contributed by atoms with Gasteiger partial charge in [0, 0.05) is 22.9 Å². The molecule has 0 radical (unpaired) electrons. The SMILES string of the molecule is O=C(CCCC(=O)c1ccc(Br)cc1)NCc1nc(O)cc(=O)[nH]1. The lowest BCUT2D eigenvalue weighted by Gasteiger charge is -2.05. The third-order valence-corrected chi connectivity index (χ3v) is 3.73. The first-order valence-corrected chi connectivity index (χ1v) is 8.08. The van der Waals surface area contributed by atoms with Gasteiger partial charge in [0.1, 0.15) is 5.82 Å². The minimum Gasteiger partial charge on any atom is -0.493 e. The zero-order valence-corrected chi connectivity index (χ0v) is 14.3. The summed E-state index contributed by atoms with van der Waals surface area (Å²) in [6.07, 6.45) is 0.881. The van der Waals surface area contributed by atoms with E-state index in [2.05, 4.69) is 31.2 Å².